The van der Waals surface area contributed by atoms with E-state index in [-0.39, 0.29) is 12.5 Å². The van der Waals surface area contributed by atoms with E-state index in [1.165, 1.54) is 6.92 Å². The van der Waals surface area contributed by atoms with Crippen LogP contribution in [0.5, 0.6) is 0 Å². The average Bonchev–Trinajstić information content (AvgIpc) is 2.65. The van der Waals surface area contributed by atoms with Gasteiger partial charge in [0.15, 0.2) is 6.10 Å². The minimum Gasteiger partial charge on any atom is -0.449 e. The second-order valence-corrected chi connectivity index (χ2v) is 5.67. The lowest BCUT2D eigenvalue weighted by molar-refractivity contribution is -0.129. The van der Waals surface area contributed by atoms with E-state index in [2.05, 4.69) is 10.6 Å². The van der Waals surface area contributed by atoms with Crippen LogP contribution in [0.15, 0.2) is 54.6 Å². The van der Waals surface area contributed by atoms with Crippen molar-refractivity contribution in [1.82, 2.24) is 10.6 Å². The molecule has 3 amide bonds. The molecule has 0 heterocycles. The van der Waals surface area contributed by atoms with Crippen LogP contribution in [0.4, 0.5) is 4.79 Å². The Labute approximate surface area is 151 Å². The highest BCUT2D eigenvalue weighted by atomic mass is 16.5. The van der Waals surface area contributed by atoms with Crippen molar-refractivity contribution in [2.75, 3.05) is 0 Å². The maximum atomic E-state index is 12.1. The first kappa shape index (κ1) is 19.0. The summed E-state index contributed by atoms with van der Waals surface area (Å²) in [5.74, 6) is -0.966. The molecule has 0 saturated heterocycles. The van der Waals surface area contributed by atoms with Gasteiger partial charge in [-0.1, -0.05) is 42.5 Å². The molecule has 0 aliphatic rings. The van der Waals surface area contributed by atoms with Crippen LogP contribution in [0, 0.1) is 0 Å². The summed E-state index contributed by atoms with van der Waals surface area (Å²) < 4.78 is 5.18. The van der Waals surface area contributed by atoms with Crippen LogP contribution in [0.25, 0.3) is 0 Å². The van der Waals surface area contributed by atoms with Gasteiger partial charge in [-0.15, -0.1) is 0 Å². The molecule has 0 aliphatic heterocycles. The molecule has 2 aromatic rings. The highest BCUT2D eigenvalue weighted by Gasteiger charge is 2.18. The molecule has 0 saturated carbocycles. The van der Waals surface area contributed by atoms with Gasteiger partial charge < -0.3 is 21.1 Å². The standard InChI is InChI=1S/C19H21N3O4/c1-13(17(23)21-11-14-5-3-2-4-6-14)26-18(24)16-9-7-15(8-10-16)12-22-19(20)25/h2-10,13H,11-12H2,1H3,(H,21,23)(H3,20,22,25). The van der Waals surface area contributed by atoms with Gasteiger partial charge in [0.1, 0.15) is 0 Å². The quantitative estimate of drug-likeness (QED) is 0.657. The summed E-state index contributed by atoms with van der Waals surface area (Å²) in [6, 6.07) is 15.3. The lowest BCUT2D eigenvalue weighted by Gasteiger charge is -2.14. The van der Waals surface area contributed by atoms with E-state index in [9.17, 15) is 14.4 Å². The fraction of sp³-hybridized carbons (Fsp3) is 0.211. The van der Waals surface area contributed by atoms with Gasteiger partial charge >= 0.3 is 12.0 Å². The Kier molecular flexibility index (Phi) is 6.73. The third kappa shape index (κ3) is 5.94. The van der Waals surface area contributed by atoms with Gasteiger partial charge in [0.05, 0.1) is 5.56 Å². The van der Waals surface area contributed by atoms with Gasteiger partial charge in [-0.05, 0) is 30.2 Å². The van der Waals surface area contributed by atoms with Gasteiger partial charge in [-0.2, -0.15) is 0 Å². The topological polar surface area (TPSA) is 111 Å². The third-order valence-corrected chi connectivity index (χ3v) is 3.62. The number of nitrogens with two attached hydrogens (primary N) is 1. The predicted octanol–water partition coefficient (Wildman–Crippen LogP) is 1.72. The van der Waals surface area contributed by atoms with Gasteiger partial charge in [-0.25, -0.2) is 9.59 Å². The van der Waals surface area contributed by atoms with Crippen molar-refractivity contribution < 1.29 is 19.1 Å². The lowest BCUT2D eigenvalue weighted by Crippen LogP contribution is -2.35. The van der Waals surface area contributed by atoms with E-state index < -0.39 is 18.1 Å². The summed E-state index contributed by atoms with van der Waals surface area (Å²) in [6.45, 7) is 2.15. The zero-order chi connectivity index (χ0) is 18.9. The van der Waals surface area contributed by atoms with E-state index in [1.54, 1.807) is 24.3 Å². The molecule has 0 fully saturated rings. The number of hydrogen-bond donors (Lipinski definition) is 3. The van der Waals surface area contributed by atoms with E-state index >= 15 is 0 Å². The largest absolute Gasteiger partial charge is 0.449 e. The van der Waals surface area contributed by atoms with Gasteiger partial charge in [0, 0.05) is 13.1 Å². The molecule has 26 heavy (non-hydrogen) atoms. The van der Waals surface area contributed by atoms with Gasteiger partial charge in [0.25, 0.3) is 5.91 Å². The smallest absolute Gasteiger partial charge is 0.338 e. The monoisotopic (exact) mass is 355 g/mol. The Morgan fingerprint density at radius 2 is 1.50 bits per heavy atom. The predicted molar refractivity (Wildman–Crippen MR) is 96.0 cm³/mol. The minimum atomic E-state index is -0.914. The number of esters is 1. The number of primary amides is 1. The number of rotatable bonds is 7. The zero-order valence-corrected chi connectivity index (χ0v) is 14.4. The molecule has 0 aromatic heterocycles. The fourth-order valence-corrected chi connectivity index (χ4v) is 2.16. The molecular formula is C19H21N3O4. The fourth-order valence-electron chi connectivity index (χ4n) is 2.16. The van der Waals surface area contributed by atoms with Crippen LogP contribution in [0.1, 0.15) is 28.4 Å². The van der Waals surface area contributed by atoms with Crippen molar-refractivity contribution in [2.45, 2.75) is 26.1 Å². The van der Waals surface area contributed by atoms with Crippen molar-refractivity contribution in [3.05, 3.63) is 71.3 Å². The molecule has 2 aromatic carbocycles. The maximum Gasteiger partial charge on any atom is 0.338 e. The number of nitrogens with one attached hydrogen (secondary N) is 2. The Balaban J connectivity index is 1.83. The van der Waals surface area contributed by atoms with Crippen molar-refractivity contribution >= 4 is 17.9 Å². The molecule has 0 aliphatic carbocycles. The summed E-state index contributed by atoms with van der Waals surface area (Å²) in [4.78, 5) is 34.8. The second-order valence-electron chi connectivity index (χ2n) is 5.67. The molecule has 7 heteroatoms. The molecule has 7 nitrogen and oxygen atoms in total. The Bertz CT molecular complexity index is 760. The first-order valence-corrected chi connectivity index (χ1v) is 8.10. The van der Waals surface area contributed by atoms with E-state index in [0.29, 0.717) is 12.1 Å². The minimum absolute atomic E-state index is 0.267. The van der Waals surface area contributed by atoms with Crippen LogP contribution in [0.3, 0.4) is 0 Å². The van der Waals surface area contributed by atoms with Crippen molar-refractivity contribution in [1.29, 1.82) is 0 Å². The number of benzene rings is 2. The van der Waals surface area contributed by atoms with Crippen LogP contribution in [-0.2, 0) is 22.6 Å². The van der Waals surface area contributed by atoms with Crippen molar-refractivity contribution in [2.24, 2.45) is 5.73 Å². The molecular weight excluding hydrogens is 334 g/mol. The molecule has 1 atom stereocenters. The summed E-state index contributed by atoms with van der Waals surface area (Å²) in [7, 11) is 0. The highest BCUT2D eigenvalue weighted by Crippen LogP contribution is 2.08. The number of hydrogen-bond acceptors (Lipinski definition) is 4. The molecule has 0 spiro atoms. The summed E-state index contributed by atoms with van der Waals surface area (Å²) >= 11 is 0. The number of urea groups is 1. The third-order valence-electron chi connectivity index (χ3n) is 3.62. The van der Waals surface area contributed by atoms with Crippen molar-refractivity contribution in [3.63, 3.8) is 0 Å². The summed E-state index contributed by atoms with van der Waals surface area (Å²) in [5.41, 5.74) is 7.06. The van der Waals surface area contributed by atoms with E-state index in [4.69, 9.17) is 10.5 Å². The van der Waals surface area contributed by atoms with Crippen LogP contribution in [-0.4, -0.2) is 24.0 Å². The van der Waals surface area contributed by atoms with E-state index in [1.807, 2.05) is 30.3 Å². The number of amides is 3. The second kappa shape index (κ2) is 9.22. The maximum absolute atomic E-state index is 12.1. The SMILES string of the molecule is CC(OC(=O)c1ccc(CNC(N)=O)cc1)C(=O)NCc1ccccc1. The highest BCUT2D eigenvalue weighted by molar-refractivity contribution is 5.92. The Hall–Kier alpha value is -3.35. The number of carbonyl (C=O) groups is 3. The van der Waals surface area contributed by atoms with Gasteiger partial charge in [0.2, 0.25) is 0 Å². The Morgan fingerprint density at radius 1 is 0.923 bits per heavy atom. The summed E-state index contributed by atoms with van der Waals surface area (Å²) in [5, 5.41) is 5.18. The van der Waals surface area contributed by atoms with Crippen molar-refractivity contribution in [3.8, 4) is 0 Å². The zero-order valence-electron chi connectivity index (χ0n) is 14.4. The van der Waals surface area contributed by atoms with Gasteiger partial charge in [-0.3, -0.25) is 4.79 Å². The first-order valence-electron chi connectivity index (χ1n) is 8.10. The van der Waals surface area contributed by atoms with Crippen LogP contribution >= 0.6 is 0 Å². The average molecular weight is 355 g/mol. The Morgan fingerprint density at radius 3 is 2.12 bits per heavy atom. The lowest BCUT2D eigenvalue weighted by atomic mass is 10.1. The molecule has 136 valence electrons. The van der Waals surface area contributed by atoms with Crippen LogP contribution in [0.2, 0.25) is 0 Å². The first-order chi connectivity index (χ1) is 12.5. The molecule has 0 radical (unpaired) electrons. The number of ether oxygens (including phenoxy) is 1. The molecule has 0 bridgehead atoms. The van der Waals surface area contributed by atoms with E-state index in [0.717, 1.165) is 11.1 Å². The number of carbonyl (C=O) groups excluding carboxylic acids is 3. The molecule has 2 rings (SSSR count). The molecule has 1 unspecified atom stereocenters. The molecule has 4 N–H and O–H groups in total. The van der Waals surface area contributed by atoms with Crippen LogP contribution < -0.4 is 16.4 Å². The normalized spacial score (nSPS) is 11.3. The summed E-state index contributed by atoms with van der Waals surface area (Å²) in [6.07, 6.45) is -0.914.